The molecule has 106 valence electrons. The minimum absolute atomic E-state index is 0.0585. The largest absolute Gasteiger partial charge is 0.491 e. The summed E-state index contributed by atoms with van der Waals surface area (Å²) >= 11 is 0. The van der Waals surface area contributed by atoms with Gasteiger partial charge in [0.15, 0.2) is 0 Å². The first kappa shape index (κ1) is 14.1. The molecule has 1 unspecified atom stereocenters. The molecule has 1 N–H and O–H groups in total. The van der Waals surface area contributed by atoms with Gasteiger partial charge in [-0.25, -0.2) is 4.79 Å². The van der Waals surface area contributed by atoms with E-state index in [4.69, 9.17) is 14.3 Å². The molecule has 0 aliphatic heterocycles. The van der Waals surface area contributed by atoms with Gasteiger partial charge in [0.1, 0.15) is 11.3 Å². The van der Waals surface area contributed by atoms with Crippen LogP contribution in [0.3, 0.4) is 0 Å². The van der Waals surface area contributed by atoms with Crippen molar-refractivity contribution in [1.29, 1.82) is 0 Å². The van der Waals surface area contributed by atoms with Crippen LogP contribution >= 0.6 is 0 Å². The summed E-state index contributed by atoms with van der Waals surface area (Å²) in [4.78, 5) is 21.8. The van der Waals surface area contributed by atoms with Crippen LogP contribution < -0.4 is 10.4 Å². The number of rotatable bonds is 5. The Labute approximate surface area is 115 Å². The fraction of sp³-hybridized carbons (Fsp3) is 0.333. The van der Waals surface area contributed by atoms with Gasteiger partial charge in [-0.15, -0.1) is 0 Å². The van der Waals surface area contributed by atoms with Crippen molar-refractivity contribution in [2.24, 2.45) is 0 Å². The summed E-state index contributed by atoms with van der Waals surface area (Å²) in [6.07, 6.45) is 0.258. The van der Waals surface area contributed by atoms with Gasteiger partial charge in [0.2, 0.25) is 0 Å². The van der Waals surface area contributed by atoms with Crippen LogP contribution in [0.1, 0.15) is 25.3 Å². The number of hydrogen-bond acceptors (Lipinski definition) is 4. The molecule has 1 aromatic heterocycles. The first-order chi connectivity index (χ1) is 9.45. The Morgan fingerprint density at radius 2 is 2.15 bits per heavy atom. The molecule has 0 fully saturated rings. The number of ether oxygens (including phenoxy) is 1. The van der Waals surface area contributed by atoms with Crippen LogP contribution in [0.15, 0.2) is 33.5 Å². The van der Waals surface area contributed by atoms with Gasteiger partial charge >= 0.3 is 11.6 Å². The Kier molecular flexibility index (Phi) is 4.08. The highest BCUT2D eigenvalue weighted by Crippen LogP contribution is 2.23. The lowest BCUT2D eigenvalue weighted by molar-refractivity contribution is -0.137. The van der Waals surface area contributed by atoms with Crippen molar-refractivity contribution in [3.05, 3.63) is 40.2 Å². The molecule has 2 aromatic rings. The van der Waals surface area contributed by atoms with Crippen molar-refractivity contribution in [3.63, 3.8) is 0 Å². The van der Waals surface area contributed by atoms with E-state index >= 15 is 0 Å². The van der Waals surface area contributed by atoms with E-state index in [0.29, 0.717) is 17.8 Å². The zero-order valence-corrected chi connectivity index (χ0v) is 11.4. The average Bonchev–Trinajstić information content (AvgIpc) is 2.35. The topological polar surface area (TPSA) is 76.7 Å². The van der Waals surface area contributed by atoms with Crippen LogP contribution in [0.5, 0.6) is 5.75 Å². The number of hydrogen-bond donors (Lipinski definition) is 1. The molecular formula is C15H16O5. The van der Waals surface area contributed by atoms with E-state index in [9.17, 15) is 9.59 Å². The third-order valence-electron chi connectivity index (χ3n) is 3.02. The number of aliphatic carboxylic acids is 1. The second-order valence-electron chi connectivity index (χ2n) is 4.77. The second kappa shape index (κ2) is 5.77. The van der Waals surface area contributed by atoms with Gasteiger partial charge in [0.05, 0.1) is 6.10 Å². The van der Waals surface area contributed by atoms with Crippen LogP contribution in [0.2, 0.25) is 0 Å². The first-order valence-electron chi connectivity index (χ1n) is 6.38. The van der Waals surface area contributed by atoms with E-state index < -0.39 is 11.6 Å². The Morgan fingerprint density at radius 3 is 2.85 bits per heavy atom. The molecule has 0 amide bonds. The molecule has 1 atom stereocenters. The highest BCUT2D eigenvalue weighted by atomic mass is 16.5. The monoisotopic (exact) mass is 276 g/mol. The SMILES string of the molecule is Cc1cc(=O)oc2cc(OC(C)CCC(=O)O)ccc12. The summed E-state index contributed by atoms with van der Waals surface area (Å²) in [6, 6.07) is 6.71. The van der Waals surface area contributed by atoms with Gasteiger partial charge in [-0.05, 0) is 38.0 Å². The number of carboxylic acid groups (broad SMARTS) is 1. The molecule has 0 bridgehead atoms. The highest BCUT2D eigenvalue weighted by Gasteiger charge is 2.09. The number of carboxylic acids is 1. The summed E-state index contributed by atoms with van der Waals surface area (Å²) in [5.74, 6) is -0.287. The molecule has 1 aromatic carbocycles. The first-order valence-corrected chi connectivity index (χ1v) is 6.38. The molecule has 5 nitrogen and oxygen atoms in total. The number of carbonyl (C=O) groups is 1. The zero-order valence-electron chi connectivity index (χ0n) is 11.4. The van der Waals surface area contributed by atoms with Gasteiger partial charge in [0.25, 0.3) is 0 Å². The third kappa shape index (κ3) is 3.38. The molecule has 0 saturated heterocycles. The van der Waals surface area contributed by atoms with Crippen molar-refractivity contribution in [2.75, 3.05) is 0 Å². The minimum atomic E-state index is -0.847. The van der Waals surface area contributed by atoms with Crippen LogP contribution in [0.25, 0.3) is 11.0 Å². The van der Waals surface area contributed by atoms with E-state index in [0.717, 1.165) is 10.9 Å². The van der Waals surface area contributed by atoms with Crippen LogP contribution in [0, 0.1) is 6.92 Å². The standard InChI is InChI=1S/C15H16O5/c1-9-7-15(18)20-13-8-11(4-5-12(9)13)19-10(2)3-6-14(16)17/h4-5,7-8,10H,3,6H2,1-2H3,(H,16,17). The Balaban J connectivity index is 2.19. The van der Waals surface area contributed by atoms with Gasteiger partial charge < -0.3 is 14.3 Å². The maximum atomic E-state index is 11.3. The number of fused-ring (bicyclic) bond motifs is 1. The second-order valence-corrected chi connectivity index (χ2v) is 4.77. The Hall–Kier alpha value is -2.30. The summed E-state index contributed by atoms with van der Waals surface area (Å²) < 4.78 is 10.8. The summed E-state index contributed by atoms with van der Waals surface area (Å²) in [6.45, 7) is 3.65. The van der Waals surface area contributed by atoms with Gasteiger partial charge in [0, 0.05) is 23.9 Å². The molecule has 0 saturated carbocycles. The van der Waals surface area contributed by atoms with Crippen LogP contribution in [-0.2, 0) is 4.79 Å². The van der Waals surface area contributed by atoms with E-state index in [2.05, 4.69) is 0 Å². The third-order valence-corrected chi connectivity index (χ3v) is 3.02. The fourth-order valence-corrected chi connectivity index (χ4v) is 2.00. The lowest BCUT2D eigenvalue weighted by Gasteiger charge is -2.14. The van der Waals surface area contributed by atoms with Crippen molar-refractivity contribution in [3.8, 4) is 5.75 Å². The molecule has 5 heteroatoms. The lowest BCUT2D eigenvalue weighted by atomic mass is 10.1. The zero-order chi connectivity index (χ0) is 14.7. The molecule has 0 aliphatic rings. The molecule has 0 aliphatic carbocycles. The number of aryl methyl sites for hydroxylation is 1. The van der Waals surface area contributed by atoms with Gasteiger partial charge in [-0.2, -0.15) is 0 Å². The van der Waals surface area contributed by atoms with Crippen LogP contribution in [0.4, 0.5) is 0 Å². The quantitative estimate of drug-likeness (QED) is 0.850. The van der Waals surface area contributed by atoms with E-state index in [-0.39, 0.29) is 12.5 Å². The molecule has 0 spiro atoms. The maximum Gasteiger partial charge on any atom is 0.336 e. The van der Waals surface area contributed by atoms with Gasteiger partial charge in [-0.3, -0.25) is 4.79 Å². The summed E-state index contributed by atoms with van der Waals surface area (Å²) in [5.41, 5.74) is 0.922. The van der Waals surface area contributed by atoms with E-state index in [1.807, 2.05) is 13.0 Å². The molecule has 20 heavy (non-hydrogen) atoms. The van der Waals surface area contributed by atoms with Crippen molar-refractivity contribution < 1.29 is 19.1 Å². The normalized spacial score (nSPS) is 12.3. The van der Waals surface area contributed by atoms with Crippen molar-refractivity contribution >= 4 is 16.9 Å². The fourth-order valence-electron chi connectivity index (χ4n) is 2.00. The summed E-state index contributed by atoms with van der Waals surface area (Å²) in [7, 11) is 0. The maximum absolute atomic E-state index is 11.3. The highest BCUT2D eigenvalue weighted by molar-refractivity contribution is 5.81. The summed E-state index contributed by atoms with van der Waals surface area (Å²) in [5, 5.41) is 9.48. The Bertz CT molecular complexity index is 686. The molecule has 1 heterocycles. The molecular weight excluding hydrogens is 260 g/mol. The smallest absolute Gasteiger partial charge is 0.336 e. The van der Waals surface area contributed by atoms with Crippen molar-refractivity contribution in [2.45, 2.75) is 32.8 Å². The molecule has 0 radical (unpaired) electrons. The molecule has 2 rings (SSSR count). The van der Waals surface area contributed by atoms with E-state index in [1.54, 1.807) is 19.1 Å². The minimum Gasteiger partial charge on any atom is -0.491 e. The average molecular weight is 276 g/mol. The van der Waals surface area contributed by atoms with Gasteiger partial charge in [-0.1, -0.05) is 0 Å². The van der Waals surface area contributed by atoms with Crippen LogP contribution in [-0.4, -0.2) is 17.2 Å². The predicted molar refractivity (Wildman–Crippen MR) is 74.2 cm³/mol. The van der Waals surface area contributed by atoms with Crippen molar-refractivity contribution in [1.82, 2.24) is 0 Å². The lowest BCUT2D eigenvalue weighted by Crippen LogP contribution is -2.13. The number of benzene rings is 1. The van der Waals surface area contributed by atoms with E-state index in [1.165, 1.54) is 6.07 Å². The predicted octanol–water partition coefficient (Wildman–Crippen LogP) is 2.73. The Morgan fingerprint density at radius 1 is 1.40 bits per heavy atom.